The van der Waals surface area contributed by atoms with E-state index in [9.17, 15) is 0 Å². The Balaban J connectivity index is 2.28. The summed E-state index contributed by atoms with van der Waals surface area (Å²) in [6, 6.07) is 7.70. The number of aliphatic imine (C=N–C) groups is 1. The van der Waals surface area contributed by atoms with E-state index >= 15 is 0 Å². The number of benzene rings is 1. The molecule has 1 heterocycles. The molecule has 0 bridgehead atoms. The molecule has 0 spiro atoms. The summed E-state index contributed by atoms with van der Waals surface area (Å²) in [7, 11) is 0. The van der Waals surface area contributed by atoms with Gasteiger partial charge in [0.15, 0.2) is 0 Å². The molecule has 5 heteroatoms. The van der Waals surface area contributed by atoms with Gasteiger partial charge in [-0.05, 0) is 38.2 Å². The molecule has 92 valence electrons. The number of rotatable bonds is 4. The Kier molecular flexibility index (Phi) is 4.20. The van der Waals surface area contributed by atoms with Gasteiger partial charge in [0.2, 0.25) is 0 Å². The summed E-state index contributed by atoms with van der Waals surface area (Å²) in [6.07, 6.45) is 0.134. The molecule has 0 aliphatic rings. The SMILES string of the molecule is CC(C)Oc1nc(-c2cccc(N=C=S)c2)cs1. The minimum absolute atomic E-state index is 0.134. The van der Waals surface area contributed by atoms with Gasteiger partial charge in [0.25, 0.3) is 5.19 Å². The highest BCUT2D eigenvalue weighted by Crippen LogP contribution is 2.29. The van der Waals surface area contributed by atoms with E-state index < -0.39 is 0 Å². The number of ether oxygens (including phenoxy) is 1. The summed E-state index contributed by atoms with van der Waals surface area (Å²) in [5, 5.41) is 5.01. The van der Waals surface area contributed by atoms with Gasteiger partial charge in [0.05, 0.1) is 22.6 Å². The summed E-state index contributed by atoms with van der Waals surface area (Å²) in [5.74, 6) is 0. The van der Waals surface area contributed by atoms with Crippen molar-refractivity contribution in [3.8, 4) is 16.5 Å². The zero-order chi connectivity index (χ0) is 13.0. The second-order valence-electron chi connectivity index (χ2n) is 3.92. The molecule has 0 aliphatic heterocycles. The van der Waals surface area contributed by atoms with Crippen molar-refractivity contribution in [3.63, 3.8) is 0 Å². The highest BCUT2D eigenvalue weighted by Gasteiger charge is 2.07. The predicted molar refractivity (Wildman–Crippen MR) is 78.0 cm³/mol. The molecule has 0 fully saturated rings. The summed E-state index contributed by atoms with van der Waals surface area (Å²) < 4.78 is 5.55. The fourth-order valence-corrected chi connectivity index (χ4v) is 2.34. The van der Waals surface area contributed by atoms with Crippen LogP contribution in [-0.2, 0) is 0 Å². The lowest BCUT2D eigenvalue weighted by Crippen LogP contribution is -2.04. The van der Waals surface area contributed by atoms with E-state index in [2.05, 4.69) is 27.4 Å². The summed E-state index contributed by atoms with van der Waals surface area (Å²) >= 11 is 6.09. The molecule has 0 aliphatic carbocycles. The third-order valence-electron chi connectivity index (χ3n) is 2.14. The molecule has 3 nitrogen and oxygen atoms in total. The highest BCUT2D eigenvalue weighted by molar-refractivity contribution is 7.78. The van der Waals surface area contributed by atoms with Gasteiger partial charge < -0.3 is 4.74 Å². The zero-order valence-electron chi connectivity index (χ0n) is 10.1. The lowest BCUT2D eigenvalue weighted by atomic mass is 10.1. The molecule has 18 heavy (non-hydrogen) atoms. The minimum atomic E-state index is 0.134. The average molecular weight is 276 g/mol. The maximum Gasteiger partial charge on any atom is 0.273 e. The van der Waals surface area contributed by atoms with Gasteiger partial charge in [-0.2, -0.15) is 4.99 Å². The molecule has 2 aromatic rings. The van der Waals surface area contributed by atoms with E-state index in [0.29, 0.717) is 5.19 Å². The van der Waals surface area contributed by atoms with Crippen molar-refractivity contribution in [2.45, 2.75) is 20.0 Å². The Morgan fingerprint density at radius 2 is 2.28 bits per heavy atom. The van der Waals surface area contributed by atoms with Crippen molar-refractivity contribution >= 4 is 34.4 Å². The third-order valence-corrected chi connectivity index (χ3v) is 2.96. The third kappa shape index (κ3) is 3.23. The van der Waals surface area contributed by atoms with Gasteiger partial charge in [0, 0.05) is 10.9 Å². The van der Waals surface area contributed by atoms with Crippen LogP contribution in [0.25, 0.3) is 11.3 Å². The van der Waals surface area contributed by atoms with Gasteiger partial charge in [0.1, 0.15) is 0 Å². The predicted octanol–water partition coefficient (Wildman–Crippen LogP) is 4.33. The Hall–Kier alpha value is -1.55. The van der Waals surface area contributed by atoms with Crippen molar-refractivity contribution in [3.05, 3.63) is 29.6 Å². The molecular weight excluding hydrogens is 264 g/mol. The first-order chi connectivity index (χ1) is 8.69. The van der Waals surface area contributed by atoms with Gasteiger partial charge in [-0.15, -0.1) is 0 Å². The van der Waals surface area contributed by atoms with Crippen LogP contribution in [0, 0.1) is 0 Å². The Morgan fingerprint density at radius 1 is 1.44 bits per heavy atom. The van der Waals surface area contributed by atoms with Crippen LogP contribution in [0.2, 0.25) is 0 Å². The standard InChI is InChI=1S/C13H12N2OS2/c1-9(2)16-13-15-12(7-18-13)10-4-3-5-11(6-10)14-8-17/h3-7,9H,1-2H3. The van der Waals surface area contributed by atoms with E-state index in [-0.39, 0.29) is 6.10 Å². The van der Waals surface area contributed by atoms with E-state index in [1.165, 1.54) is 11.3 Å². The van der Waals surface area contributed by atoms with Gasteiger partial charge in [-0.3, -0.25) is 0 Å². The van der Waals surface area contributed by atoms with Crippen molar-refractivity contribution in [1.82, 2.24) is 4.98 Å². The first-order valence-electron chi connectivity index (χ1n) is 5.49. The topological polar surface area (TPSA) is 34.5 Å². The number of hydrogen-bond donors (Lipinski definition) is 0. The largest absolute Gasteiger partial charge is 0.467 e. The highest BCUT2D eigenvalue weighted by atomic mass is 32.1. The molecule has 2 rings (SSSR count). The number of hydrogen-bond acceptors (Lipinski definition) is 5. The van der Waals surface area contributed by atoms with Crippen molar-refractivity contribution in [2.75, 3.05) is 0 Å². The molecule has 0 saturated heterocycles. The molecule has 1 aromatic carbocycles. The van der Waals surface area contributed by atoms with Gasteiger partial charge in [-0.1, -0.05) is 23.5 Å². The maximum absolute atomic E-state index is 5.55. The number of isothiocyanates is 1. The quantitative estimate of drug-likeness (QED) is 0.615. The van der Waals surface area contributed by atoms with E-state index in [1.807, 2.05) is 43.5 Å². The lowest BCUT2D eigenvalue weighted by molar-refractivity contribution is 0.241. The average Bonchev–Trinajstić information content (AvgIpc) is 2.77. The second kappa shape index (κ2) is 5.87. The molecule has 0 radical (unpaired) electrons. The fourth-order valence-electron chi connectivity index (χ4n) is 1.43. The van der Waals surface area contributed by atoms with Crippen LogP contribution in [0.4, 0.5) is 5.69 Å². The van der Waals surface area contributed by atoms with Crippen molar-refractivity contribution < 1.29 is 4.74 Å². The monoisotopic (exact) mass is 276 g/mol. The van der Waals surface area contributed by atoms with Crippen molar-refractivity contribution in [1.29, 1.82) is 0 Å². The number of thiocarbonyl (C=S) groups is 1. The van der Waals surface area contributed by atoms with E-state index in [1.54, 1.807) is 0 Å². The molecule has 0 atom stereocenters. The number of nitrogens with zero attached hydrogens (tertiary/aromatic N) is 2. The Morgan fingerprint density at radius 3 is 3.00 bits per heavy atom. The normalized spacial score (nSPS) is 10.2. The molecule has 0 amide bonds. The number of aromatic nitrogens is 1. The first-order valence-corrected chi connectivity index (χ1v) is 6.78. The molecular formula is C13H12N2OS2. The van der Waals surface area contributed by atoms with E-state index in [0.717, 1.165) is 16.9 Å². The smallest absolute Gasteiger partial charge is 0.273 e. The molecule has 1 aromatic heterocycles. The van der Waals surface area contributed by atoms with Gasteiger partial charge >= 0.3 is 0 Å². The van der Waals surface area contributed by atoms with E-state index in [4.69, 9.17) is 4.74 Å². The van der Waals surface area contributed by atoms with Crippen molar-refractivity contribution in [2.24, 2.45) is 4.99 Å². The number of thiazole rings is 1. The lowest BCUT2D eigenvalue weighted by Gasteiger charge is -2.04. The van der Waals surface area contributed by atoms with Crippen LogP contribution in [0.3, 0.4) is 0 Å². The molecule has 0 N–H and O–H groups in total. The van der Waals surface area contributed by atoms with Crippen LogP contribution in [-0.4, -0.2) is 16.2 Å². The van der Waals surface area contributed by atoms with Crippen LogP contribution in [0.1, 0.15) is 13.8 Å². The summed E-state index contributed by atoms with van der Waals surface area (Å²) in [4.78, 5) is 8.39. The first kappa shape index (κ1) is 12.9. The molecule has 0 saturated carbocycles. The Labute approximate surface area is 115 Å². The van der Waals surface area contributed by atoms with Crippen LogP contribution in [0.15, 0.2) is 34.6 Å². The molecule has 0 unspecified atom stereocenters. The van der Waals surface area contributed by atoms with Crippen LogP contribution >= 0.6 is 23.6 Å². The van der Waals surface area contributed by atoms with Gasteiger partial charge in [-0.25, -0.2) is 4.98 Å². The fraction of sp³-hybridized carbons (Fsp3) is 0.231. The maximum atomic E-state index is 5.55. The Bertz CT molecular complexity index is 586. The minimum Gasteiger partial charge on any atom is -0.467 e. The summed E-state index contributed by atoms with van der Waals surface area (Å²) in [6.45, 7) is 3.96. The van der Waals surface area contributed by atoms with Crippen LogP contribution in [0.5, 0.6) is 5.19 Å². The van der Waals surface area contributed by atoms with Crippen LogP contribution < -0.4 is 4.74 Å². The second-order valence-corrected chi connectivity index (χ2v) is 4.92. The summed E-state index contributed by atoms with van der Waals surface area (Å²) in [5.41, 5.74) is 2.66. The zero-order valence-corrected chi connectivity index (χ0v) is 11.7.